The van der Waals surface area contributed by atoms with E-state index in [-0.39, 0.29) is 0 Å². The fraction of sp³-hybridized carbons (Fsp3) is 0.593. The second-order valence-corrected chi connectivity index (χ2v) is 10.1. The van der Waals surface area contributed by atoms with E-state index in [0.29, 0.717) is 36.1 Å². The molecule has 172 valence electrons. The number of hydrogen-bond acceptors (Lipinski definition) is 4. The Labute approximate surface area is 192 Å². The number of carbonyl (C=O) groups excluding carboxylic acids is 1. The molecule has 0 spiro atoms. The van der Waals surface area contributed by atoms with E-state index in [4.69, 9.17) is 0 Å². The summed E-state index contributed by atoms with van der Waals surface area (Å²) in [5, 5.41) is 1.19. The van der Waals surface area contributed by atoms with Crippen molar-refractivity contribution in [2.75, 3.05) is 33.2 Å². The Morgan fingerprint density at radius 1 is 1.22 bits per heavy atom. The molecule has 2 fully saturated rings. The van der Waals surface area contributed by atoms with Crippen molar-refractivity contribution in [1.82, 2.24) is 14.8 Å². The molecular weight excluding hydrogens is 396 g/mol. The molecule has 0 saturated carbocycles. The van der Waals surface area contributed by atoms with Crippen LogP contribution in [0.1, 0.15) is 63.5 Å². The molecule has 1 aromatic carbocycles. The van der Waals surface area contributed by atoms with Gasteiger partial charge >= 0.3 is 0 Å². The third-order valence-electron chi connectivity index (χ3n) is 7.40. The van der Waals surface area contributed by atoms with Crippen molar-refractivity contribution in [3.63, 3.8) is 0 Å². The minimum Gasteiger partial charge on any atom is -0.342 e. The molecule has 3 heterocycles. The maximum atomic E-state index is 13.3. The van der Waals surface area contributed by atoms with Gasteiger partial charge in [0.2, 0.25) is 5.91 Å². The van der Waals surface area contributed by atoms with E-state index in [1.807, 2.05) is 18.5 Å². The molecule has 32 heavy (non-hydrogen) atoms. The number of aromatic nitrogens is 1. The van der Waals surface area contributed by atoms with E-state index in [1.54, 1.807) is 7.05 Å². The summed E-state index contributed by atoms with van der Waals surface area (Å²) in [7, 11) is 1.79. The van der Waals surface area contributed by atoms with Crippen molar-refractivity contribution >= 4 is 23.0 Å². The standard InChI is InChI=1S/C27H38N4O/c1-19(2)30-12-9-21(10-13-30)15-26(32)31-17-20(3)14-23(18-31)24-8-7-22(16-28-4)27-25(24)6-5-11-29-27/h5-8,11,16,19-21,23H,9-10,12-15,17-18H2,1-4H3/b28-16+/t20-,23?/m0/s1. The molecule has 0 aliphatic carbocycles. The first-order chi connectivity index (χ1) is 15.5. The Balaban J connectivity index is 1.48. The lowest BCUT2D eigenvalue weighted by molar-refractivity contribution is -0.134. The number of nitrogens with zero attached hydrogens (tertiary/aromatic N) is 4. The van der Waals surface area contributed by atoms with Gasteiger partial charge in [-0.25, -0.2) is 0 Å². The van der Waals surface area contributed by atoms with Crippen molar-refractivity contribution in [2.24, 2.45) is 16.8 Å². The number of pyridine rings is 1. The normalized spacial score (nSPS) is 23.5. The van der Waals surface area contributed by atoms with Gasteiger partial charge in [0, 0.05) is 61.9 Å². The predicted octanol–water partition coefficient (Wildman–Crippen LogP) is 4.75. The second kappa shape index (κ2) is 10.1. The molecule has 4 rings (SSSR count). The first kappa shape index (κ1) is 22.9. The van der Waals surface area contributed by atoms with Gasteiger partial charge in [0.1, 0.15) is 0 Å². The molecule has 1 amide bonds. The summed E-state index contributed by atoms with van der Waals surface area (Å²) >= 11 is 0. The fourth-order valence-corrected chi connectivity index (χ4v) is 5.65. The molecule has 0 bridgehead atoms. The third kappa shape index (κ3) is 5.03. The number of rotatable bonds is 5. The molecule has 2 atom stereocenters. The van der Waals surface area contributed by atoms with E-state index in [0.717, 1.165) is 56.5 Å². The highest BCUT2D eigenvalue weighted by Gasteiger charge is 2.31. The topological polar surface area (TPSA) is 48.8 Å². The van der Waals surface area contributed by atoms with E-state index in [1.165, 1.54) is 10.9 Å². The Kier molecular flexibility index (Phi) is 7.24. The fourth-order valence-electron chi connectivity index (χ4n) is 5.65. The average Bonchev–Trinajstić information content (AvgIpc) is 2.79. The molecule has 2 aliphatic rings. The van der Waals surface area contributed by atoms with Crippen LogP contribution in [0, 0.1) is 11.8 Å². The Bertz CT molecular complexity index is 961. The van der Waals surface area contributed by atoms with Gasteiger partial charge in [0.25, 0.3) is 0 Å². The predicted molar refractivity (Wildman–Crippen MR) is 132 cm³/mol. The zero-order valence-corrected chi connectivity index (χ0v) is 20.1. The molecule has 0 N–H and O–H groups in total. The summed E-state index contributed by atoms with van der Waals surface area (Å²) in [4.78, 5) is 26.8. The van der Waals surface area contributed by atoms with E-state index >= 15 is 0 Å². The van der Waals surface area contributed by atoms with Crippen LogP contribution in [-0.2, 0) is 4.79 Å². The van der Waals surface area contributed by atoms with Crippen LogP contribution in [0.15, 0.2) is 35.5 Å². The number of piperidine rings is 2. The van der Waals surface area contributed by atoms with E-state index < -0.39 is 0 Å². The molecule has 2 saturated heterocycles. The Hall–Kier alpha value is -2.27. The zero-order chi connectivity index (χ0) is 22.7. The quantitative estimate of drug-likeness (QED) is 0.638. The highest BCUT2D eigenvalue weighted by Crippen LogP contribution is 2.35. The van der Waals surface area contributed by atoms with E-state index in [9.17, 15) is 4.79 Å². The van der Waals surface area contributed by atoms with Gasteiger partial charge in [-0.2, -0.15) is 0 Å². The van der Waals surface area contributed by atoms with Crippen LogP contribution in [0.3, 0.4) is 0 Å². The van der Waals surface area contributed by atoms with Crippen molar-refractivity contribution in [3.8, 4) is 0 Å². The van der Waals surface area contributed by atoms with Gasteiger partial charge in [0.05, 0.1) is 5.52 Å². The lowest BCUT2D eigenvalue weighted by Crippen LogP contribution is -2.44. The van der Waals surface area contributed by atoms with Crippen molar-refractivity contribution in [1.29, 1.82) is 0 Å². The number of fused-ring (bicyclic) bond motifs is 1. The maximum Gasteiger partial charge on any atom is 0.222 e. The summed E-state index contributed by atoms with van der Waals surface area (Å²) in [5.74, 6) is 1.74. The minimum absolute atomic E-state index is 0.349. The molecule has 0 radical (unpaired) electrons. The first-order valence-corrected chi connectivity index (χ1v) is 12.3. The first-order valence-electron chi connectivity index (χ1n) is 12.3. The van der Waals surface area contributed by atoms with Crippen molar-refractivity contribution < 1.29 is 4.79 Å². The molecule has 1 aromatic heterocycles. The number of benzene rings is 1. The lowest BCUT2D eigenvalue weighted by atomic mass is 9.82. The summed E-state index contributed by atoms with van der Waals surface area (Å²) in [5.41, 5.74) is 3.37. The van der Waals surface area contributed by atoms with Crippen molar-refractivity contribution in [3.05, 3.63) is 41.6 Å². The lowest BCUT2D eigenvalue weighted by Gasteiger charge is -2.39. The van der Waals surface area contributed by atoms with Crippen LogP contribution in [0.2, 0.25) is 0 Å². The highest BCUT2D eigenvalue weighted by molar-refractivity contribution is 5.99. The van der Waals surface area contributed by atoms with Crippen LogP contribution in [0.25, 0.3) is 10.9 Å². The van der Waals surface area contributed by atoms with Crippen LogP contribution < -0.4 is 0 Å². The van der Waals surface area contributed by atoms with Gasteiger partial charge in [-0.15, -0.1) is 0 Å². The monoisotopic (exact) mass is 434 g/mol. The van der Waals surface area contributed by atoms with Gasteiger partial charge in [0.15, 0.2) is 0 Å². The second-order valence-electron chi connectivity index (χ2n) is 10.1. The SMILES string of the molecule is C/N=C/c1ccc(C2C[C@H](C)CN(C(=O)CC3CCN(C(C)C)CC3)C2)c2cccnc12. The molecule has 5 nitrogen and oxygen atoms in total. The Morgan fingerprint density at radius 2 is 2.00 bits per heavy atom. The van der Waals surface area contributed by atoms with Gasteiger partial charge in [-0.05, 0) is 69.7 Å². The summed E-state index contributed by atoms with van der Waals surface area (Å²) < 4.78 is 0. The number of likely N-dealkylation sites (tertiary alicyclic amines) is 2. The van der Waals surface area contributed by atoms with Gasteiger partial charge < -0.3 is 9.80 Å². The van der Waals surface area contributed by atoms with Crippen LogP contribution in [0.5, 0.6) is 0 Å². The Morgan fingerprint density at radius 3 is 2.72 bits per heavy atom. The summed E-state index contributed by atoms with van der Waals surface area (Å²) in [6, 6.07) is 9.14. The van der Waals surface area contributed by atoms with Gasteiger partial charge in [-0.1, -0.05) is 25.1 Å². The molecule has 1 unspecified atom stereocenters. The zero-order valence-electron chi connectivity index (χ0n) is 20.1. The van der Waals surface area contributed by atoms with Crippen LogP contribution in [-0.4, -0.2) is 66.2 Å². The van der Waals surface area contributed by atoms with E-state index in [2.05, 4.69) is 58.7 Å². The number of aliphatic imine (C=N–C) groups is 1. The van der Waals surface area contributed by atoms with Crippen LogP contribution >= 0.6 is 0 Å². The van der Waals surface area contributed by atoms with Gasteiger partial charge in [-0.3, -0.25) is 14.8 Å². The van der Waals surface area contributed by atoms with Crippen LogP contribution in [0.4, 0.5) is 0 Å². The molecule has 2 aliphatic heterocycles. The summed E-state index contributed by atoms with van der Waals surface area (Å²) in [6.45, 7) is 10.8. The number of hydrogen-bond donors (Lipinski definition) is 0. The average molecular weight is 435 g/mol. The highest BCUT2D eigenvalue weighted by atomic mass is 16.2. The number of amides is 1. The maximum absolute atomic E-state index is 13.3. The third-order valence-corrected chi connectivity index (χ3v) is 7.40. The molecule has 5 heteroatoms. The smallest absolute Gasteiger partial charge is 0.222 e. The summed E-state index contributed by atoms with van der Waals surface area (Å²) in [6.07, 6.45) is 7.84. The van der Waals surface area contributed by atoms with Crippen molar-refractivity contribution in [2.45, 2.75) is 58.4 Å². The molecule has 2 aromatic rings. The molecular formula is C27H38N4O. The number of carbonyl (C=O) groups is 1. The minimum atomic E-state index is 0.349. The largest absolute Gasteiger partial charge is 0.342 e.